The number of benzene rings is 1. The van der Waals surface area contributed by atoms with Crippen LogP contribution in [0.2, 0.25) is 5.02 Å². The highest BCUT2D eigenvalue weighted by Gasteiger charge is 2.24. The van der Waals surface area contributed by atoms with Crippen LogP contribution in [-0.4, -0.2) is 34.9 Å². The number of nitrogens with zero attached hydrogens (tertiary/aromatic N) is 1. The summed E-state index contributed by atoms with van der Waals surface area (Å²) in [5.41, 5.74) is 2.51. The Morgan fingerprint density at radius 3 is 2.83 bits per heavy atom. The van der Waals surface area contributed by atoms with Gasteiger partial charge in [-0.25, -0.2) is 8.42 Å². The van der Waals surface area contributed by atoms with Crippen LogP contribution in [0.5, 0.6) is 0 Å². The number of sulfone groups is 1. The molecule has 0 aliphatic rings. The number of nitrogens with one attached hydrogen (secondary N) is 1. The molecular weight excluding hydrogens is 424 g/mol. The summed E-state index contributed by atoms with van der Waals surface area (Å²) in [5.74, 6) is -0.369. The standard InChI is InChI=1S/C14H12BrClN2O3S2/c1-23(20,21)6-12(19)14-13(10-2-3-22-18-10)7-4-9(16)8(15)5-11(7)17-14/h2-5,12,17,19H,6H2,1H3. The van der Waals surface area contributed by atoms with Crippen LogP contribution in [0, 0.1) is 0 Å². The third-order valence-electron chi connectivity index (χ3n) is 3.36. The normalized spacial score (nSPS) is 13.6. The molecular formula is C14H12BrClN2O3S2. The molecule has 0 aliphatic carbocycles. The van der Waals surface area contributed by atoms with Crippen LogP contribution in [0.4, 0.5) is 0 Å². The Balaban J connectivity index is 2.26. The molecule has 0 spiro atoms. The van der Waals surface area contributed by atoms with E-state index in [0.29, 0.717) is 26.4 Å². The second-order valence-electron chi connectivity index (χ2n) is 5.22. The van der Waals surface area contributed by atoms with Gasteiger partial charge in [0.1, 0.15) is 15.9 Å². The van der Waals surface area contributed by atoms with Crippen molar-refractivity contribution in [3.63, 3.8) is 0 Å². The minimum absolute atomic E-state index is 0.369. The summed E-state index contributed by atoms with van der Waals surface area (Å²) in [5, 5.41) is 13.5. The number of fused-ring (bicyclic) bond motifs is 1. The molecule has 2 N–H and O–H groups in total. The highest BCUT2D eigenvalue weighted by atomic mass is 79.9. The summed E-state index contributed by atoms with van der Waals surface area (Å²) in [7, 11) is -3.33. The van der Waals surface area contributed by atoms with Crippen LogP contribution in [-0.2, 0) is 9.84 Å². The zero-order chi connectivity index (χ0) is 16.8. The SMILES string of the molecule is CS(=O)(=O)CC(O)c1[nH]c2cc(Br)c(Cl)cc2c1-c1ccsn1. The number of aliphatic hydroxyl groups is 1. The lowest BCUT2D eigenvalue weighted by Gasteiger charge is -2.10. The quantitative estimate of drug-likeness (QED) is 0.653. The van der Waals surface area contributed by atoms with Crippen molar-refractivity contribution in [2.45, 2.75) is 6.10 Å². The predicted molar refractivity (Wildman–Crippen MR) is 96.8 cm³/mol. The first-order valence-corrected chi connectivity index (χ1v) is 10.6. The van der Waals surface area contributed by atoms with Crippen molar-refractivity contribution in [1.82, 2.24) is 9.36 Å². The third kappa shape index (κ3) is 3.46. The molecule has 2 aromatic heterocycles. The van der Waals surface area contributed by atoms with Gasteiger partial charge in [-0.15, -0.1) is 0 Å². The van der Waals surface area contributed by atoms with Crippen LogP contribution in [0.1, 0.15) is 11.8 Å². The lowest BCUT2D eigenvalue weighted by atomic mass is 10.1. The lowest BCUT2D eigenvalue weighted by molar-refractivity contribution is 0.198. The minimum Gasteiger partial charge on any atom is -0.386 e. The van der Waals surface area contributed by atoms with Crippen LogP contribution in [0.3, 0.4) is 0 Å². The fourth-order valence-corrected chi connectivity index (χ4v) is 4.21. The Morgan fingerprint density at radius 2 is 2.22 bits per heavy atom. The van der Waals surface area contributed by atoms with Gasteiger partial charge in [0.15, 0.2) is 0 Å². The van der Waals surface area contributed by atoms with Gasteiger partial charge in [0.05, 0.1) is 22.2 Å². The number of aromatic amines is 1. The van der Waals surface area contributed by atoms with E-state index in [1.54, 1.807) is 12.1 Å². The van der Waals surface area contributed by atoms with Gasteiger partial charge < -0.3 is 10.1 Å². The van der Waals surface area contributed by atoms with Gasteiger partial charge in [-0.3, -0.25) is 0 Å². The average Bonchev–Trinajstić information content (AvgIpc) is 3.04. The van der Waals surface area contributed by atoms with Gasteiger partial charge in [0.2, 0.25) is 0 Å². The Kier molecular flexibility index (Phi) is 4.54. The van der Waals surface area contributed by atoms with E-state index in [2.05, 4.69) is 25.3 Å². The Hall–Kier alpha value is -0.930. The highest BCUT2D eigenvalue weighted by molar-refractivity contribution is 9.10. The van der Waals surface area contributed by atoms with Crippen molar-refractivity contribution in [1.29, 1.82) is 0 Å². The van der Waals surface area contributed by atoms with E-state index in [9.17, 15) is 13.5 Å². The van der Waals surface area contributed by atoms with Crippen molar-refractivity contribution in [2.75, 3.05) is 12.0 Å². The number of aromatic nitrogens is 2. The van der Waals surface area contributed by atoms with Gasteiger partial charge in [-0.2, -0.15) is 4.37 Å². The number of rotatable bonds is 4. The van der Waals surface area contributed by atoms with E-state index < -0.39 is 15.9 Å². The third-order valence-corrected chi connectivity index (χ3v) is 6.03. The molecule has 1 atom stereocenters. The zero-order valence-corrected chi connectivity index (χ0v) is 15.9. The Labute approximate surface area is 150 Å². The van der Waals surface area contributed by atoms with E-state index in [1.807, 2.05) is 11.4 Å². The molecule has 3 rings (SSSR count). The van der Waals surface area contributed by atoms with Crippen molar-refractivity contribution < 1.29 is 13.5 Å². The summed E-state index contributed by atoms with van der Waals surface area (Å²) >= 11 is 10.8. The molecule has 0 amide bonds. The van der Waals surface area contributed by atoms with Gasteiger partial charge in [0.25, 0.3) is 0 Å². The molecule has 1 unspecified atom stereocenters. The number of H-pyrrole nitrogens is 1. The number of aliphatic hydroxyl groups excluding tert-OH is 1. The average molecular weight is 436 g/mol. The molecule has 0 bridgehead atoms. The highest BCUT2D eigenvalue weighted by Crippen LogP contribution is 2.39. The van der Waals surface area contributed by atoms with Crippen LogP contribution in [0.15, 0.2) is 28.1 Å². The Morgan fingerprint density at radius 1 is 1.48 bits per heavy atom. The van der Waals surface area contributed by atoms with Crippen molar-refractivity contribution >= 4 is 59.8 Å². The fraction of sp³-hybridized carbons (Fsp3) is 0.214. The van der Waals surface area contributed by atoms with Gasteiger partial charge in [0, 0.05) is 32.6 Å². The molecule has 122 valence electrons. The summed E-state index contributed by atoms with van der Waals surface area (Å²) in [6.45, 7) is 0. The first-order chi connectivity index (χ1) is 10.8. The van der Waals surface area contributed by atoms with E-state index in [0.717, 1.165) is 17.2 Å². The molecule has 2 heterocycles. The van der Waals surface area contributed by atoms with E-state index in [-0.39, 0.29) is 5.75 Å². The topological polar surface area (TPSA) is 83.0 Å². The van der Waals surface area contributed by atoms with Gasteiger partial charge >= 0.3 is 0 Å². The molecule has 0 saturated carbocycles. The number of hydrogen-bond donors (Lipinski definition) is 2. The minimum atomic E-state index is -3.33. The van der Waals surface area contributed by atoms with E-state index in [1.165, 1.54) is 11.5 Å². The van der Waals surface area contributed by atoms with Crippen LogP contribution in [0.25, 0.3) is 22.2 Å². The largest absolute Gasteiger partial charge is 0.386 e. The second-order valence-corrected chi connectivity index (χ2v) is 9.33. The summed E-state index contributed by atoms with van der Waals surface area (Å²) in [4.78, 5) is 3.10. The second kappa shape index (κ2) is 6.18. The fourth-order valence-electron chi connectivity index (χ4n) is 2.45. The molecule has 0 radical (unpaired) electrons. The van der Waals surface area contributed by atoms with Crippen LogP contribution >= 0.6 is 39.1 Å². The molecule has 0 aliphatic heterocycles. The maximum atomic E-state index is 11.5. The lowest BCUT2D eigenvalue weighted by Crippen LogP contribution is -2.13. The molecule has 3 aromatic rings. The van der Waals surface area contributed by atoms with Crippen LogP contribution < -0.4 is 0 Å². The van der Waals surface area contributed by atoms with Crippen molar-refractivity contribution in [2.24, 2.45) is 0 Å². The Bertz CT molecular complexity index is 968. The summed E-state index contributed by atoms with van der Waals surface area (Å²) in [6.07, 6.45) is -0.0823. The maximum absolute atomic E-state index is 11.5. The smallest absolute Gasteiger partial charge is 0.150 e. The predicted octanol–water partition coefficient (Wildman–Crippen LogP) is 3.79. The first kappa shape index (κ1) is 16.9. The van der Waals surface area contributed by atoms with Crippen molar-refractivity contribution in [3.8, 4) is 11.3 Å². The molecule has 23 heavy (non-hydrogen) atoms. The summed E-state index contributed by atoms with van der Waals surface area (Å²) < 4.78 is 28.1. The van der Waals surface area contributed by atoms with E-state index in [4.69, 9.17) is 11.6 Å². The number of halogens is 2. The van der Waals surface area contributed by atoms with Gasteiger partial charge in [-0.1, -0.05) is 11.6 Å². The first-order valence-electron chi connectivity index (χ1n) is 6.53. The molecule has 1 aromatic carbocycles. The van der Waals surface area contributed by atoms with E-state index >= 15 is 0 Å². The van der Waals surface area contributed by atoms with Crippen molar-refractivity contribution in [3.05, 3.63) is 38.8 Å². The number of hydrogen-bond acceptors (Lipinski definition) is 5. The monoisotopic (exact) mass is 434 g/mol. The summed E-state index contributed by atoms with van der Waals surface area (Å²) in [6, 6.07) is 5.38. The molecule has 5 nitrogen and oxygen atoms in total. The molecule has 9 heteroatoms. The van der Waals surface area contributed by atoms with Gasteiger partial charge in [-0.05, 0) is 45.7 Å². The molecule has 0 saturated heterocycles. The maximum Gasteiger partial charge on any atom is 0.150 e. The molecule has 0 fully saturated rings. The zero-order valence-electron chi connectivity index (χ0n) is 11.9.